The number of H-pyrrole nitrogens is 1. The van der Waals surface area contributed by atoms with Gasteiger partial charge in [-0.05, 0) is 14.0 Å². The second-order valence-electron chi connectivity index (χ2n) is 6.83. The molecule has 1 aromatic carbocycles. The summed E-state index contributed by atoms with van der Waals surface area (Å²) in [7, 11) is 2.07. The van der Waals surface area contributed by atoms with Gasteiger partial charge in [-0.25, -0.2) is 9.97 Å². The van der Waals surface area contributed by atoms with E-state index in [2.05, 4.69) is 32.1 Å². The Morgan fingerprint density at radius 1 is 1.00 bits per heavy atom. The summed E-state index contributed by atoms with van der Waals surface area (Å²) in [6.07, 6.45) is 3.51. The molecule has 3 heterocycles. The zero-order valence-electron chi connectivity index (χ0n) is 15.5. The lowest BCUT2D eigenvalue weighted by Crippen LogP contribution is -2.47. The molecule has 1 aliphatic rings. The third-order valence-electron chi connectivity index (χ3n) is 4.97. The van der Waals surface area contributed by atoms with E-state index in [-0.39, 0.29) is 5.91 Å². The van der Waals surface area contributed by atoms with Crippen LogP contribution in [0.1, 0.15) is 16.1 Å². The SMILES string of the molecule is Cc1c(-c2cnc(-c3ccccc3)nc2)n[nH]c1C(=O)N1CCN(C)CC1. The summed E-state index contributed by atoms with van der Waals surface area (Å²) in [5.41, 5.74) is 3.85. The standard InChI is InChI=1S/C20H22N6O/c1-14-17(16-12-21-19(22-13-16)15-6-4-3-5-7-15)23-24-18(14)20(27)26-10-8-25(2)9-11-26/h3-7,12-13H,8-11H2,1-2H3,(H,23,24). The lowest BCUT2D eigenvalue weighted by Gasteiger charge is -2.32. The van der Waals surface area contributed by atoms with Gasteiger partial charge in [-0.3, -0.25) is 9.89 Å². The van der Waals surface area contributed by atoms with E-state index in [1.54, 1.807) is 12.4 Å². The summed E-state index contributed by atoms with van der Waals surface area (Å²) in [5.74, 6) is 0.669. The number of hydrogen-bond donors (Lipinski definition) is 1. The van der Waals surface area contributed by atoms with E-state index < -0.39 is 0 Å². The van der Waals surface area contributed by atoms with Crippen LogP contribution in [0.4, 0.5) is 0 Å². The molecule has 1 amide bonds. The number of carbonyl (C=O) groups is 1. The first-order chi connectivity index (χ1) is 13.1. The molecule has 1 N–H and O–H groups in total. The van der Waals surface area contributed by atoms with Crippen LogP contribution >= 0.6 is 0 Å². The van der Waals surface area contributed by atoms with Crippen LogP contribution in [0.5, 0.6) is 0 Å². The zero-order valence-corrected chi connectivity index (χ0v) is 15.5. The predicted octanol–water partition coefficient (Wildman–Crippen LogP) is 2.23. The molecule has 0 spiro atoms. The largest absolute Gasteiger partial charge is 0.335 e. The molecular formula is C20H22N6O. The number of hydrogen-bond acceptors (Lipinski definition) is 5. The molecule has 0 unspecified atom stereocenters. The van der Waals surface area contributed by atoms with Gasteiger partial charge in [-0.15, -0.1) is 0 Å². The van der Waals surface area contributed by atoms with Crippen molar-refractivity contribution in [1.29, 1.82) is 0 Å². The molecule has 4 rings (SSSR count). The molecule has 7 nitrogen and oxygen atoms in total. The highest BCUT2D eigenvalue weighted by Crippen LogP contribution is 2.24. The Bertz CT molecular complexity index is 927. The minimum absolute atomic E-state index is 0.00109. The lowest BCUT2D eigenvalue weighted by atomic mass is 10.1. The van der Waals surface area contributed by atoms with Crippen molar-refractivity contribution in [3.8, 4) is 22.6 Å². The monoisotopic (exact) mass is 362 g/mol. The number of nitrogens with zero attached hydrogens (tertiary/aromatic N) is 5. The molecule has 1 saturated heterocycles. The van der Waals surface area contributed by atoms with Crippen molar-refractivity contribution in [3.63, 3.8) is 0 Å². The van der Waals surface area contributed by atoms with E-state index in [1.165, 1.54) is 0 Å². The fraction of sp³-hybridized carbons (Fsp3) is 0.300. The van der Waals surface area contributed by atoms with Crippen LogP contribution in [0.2, 0.25) is 0 Å². The zero-order chi connectivity index (χ0) is 18.8. The number of benzene rings is 1. The lowest BCUT2D eigenvalue weighted by molar-refractivity contribution is 0.0657. The second-order valence-corrected chi connectivity index (χ2v) is 6.83. The Morgan fingerprint density at radius 2 is 1.67 bits per heavy atom. The molecule has 138 valence electrons. The van der Waals surface area contributed by atoms with Crippen molar-refractivity contribution in [2.45, 2.75) is 6.92 Å². The summed E-state index contributed by atoms with van der Waals surface area (Å²) < 4.78 is 0. The van der Waals surface area contributed by atoms with Gasteiger partial charge >= 0.3 is 0 Å². The Kier molecular flexibility index (Phi) is 4.68. The van der Waals surface area contributed by atoms with Crippen LogP contribution in [-0.2, 0) is 0 Å². The topological polar surface area (TPSA) is 78.0 Å². The number of rotatable bonds is 3. The van der Waals surface area contributed by atoms with Gasteiger partial charge in [-0.2, -0.15) is 5.10 Å². The highest BCUT2D eigenvalue weighted by atomic mass is 16.2. The molecule has 0 saturated carbocycles. The molecule has 0 aliphatic carbocycles. The van der Waals surface area contributed by atoms with E-state index in [0.717, 1.165) is 42.9 Å². The number of piperazine rings is 1. The Balaban J connectivity index is 1.56. The number of nitrogens with one attached hydrogen (secondary N) is 1. The average molecular weight is 362 g/mol. The minimum atomic E-state index is 0.00109. The number of likely N-dealkylation sites (N-methyl/N-ethyl adjacent to an activating group) is 1. The van der Waals surface area contributed by atoms with Crippen LogP contribution in [0, 0.1) is 6.92 Å². The molecule has 3 aromatic rings. The number of amides is 1. The van der Waals surface area contributed by atoms with Crippen LogP contribution < -0.4 is 0 Å². The van der Waals surface area contributed by atoms with Crippen molar-refractivity contribution in [2.75, 3.05) is 33.2 Å². The highest BCUT2D eigenvalue weighted by Gasteiger charge is 2.25. The maximum absolute atomic E-state index is 12.8. The van der Waals surface area contributed by atoms with E-state index in [9.17, 15) is 4.79 Å². The summed E-state index contributed by atoms with van der Waals surface area (Å²) in [5, 5.41) is 7.27. The minimum Gasteiger partial charge on any atom is -0.335 e. The maximum Gasteiger partial charge on any atom is 0.272 e. The van der Waals surface area contributed by atoms with Crippen LogP contribution in [0.15, 0.2) is 42.7 Å². The van der Waals surface area contributed by atoms with Gasteiger partial charge in [0, 0.05) is 55.3 Å². The average Bonchev–Trinajstić information content (AvgIpc) is 3.10. The molecule has 0 atom stereocenters. The van der Waals surface area contributed by atoms with E-state index in [0.29, 0.717) is 17.2 Å². The van der Waals surface area contributed by atoms with Gasteiger partial charge in [0.2, 0.25) is 0 Å². The smallest absolute Gasteiger partial charge is 0.272 e. The molecule has 1 aliphatic heterocycles. The van der Waals surface area contributed by atoms with Gasteiger partial charge < -0.3 is 9.80 Å². The first-order valence-corrected chi connectivity index (χ1v) is 9.04. The first kappa shape index (κ1) is 17.4. The number of aromatic amines is 1. The Labute approximate surface area is 158 Å². The van der Waals surface area contributed by atoms with Crippen molar-refractivity contribution in [2.24, 2.45) is 0 Å². The van der Waals surface area contributed by atoms with Crippen LogP contribution in [0.25, 0.3) is 22.6 Å². The summed E-state index contributed by atoms with van der Waals surface area (Å²) in [4.78, 5) is 25.8. The summed E-state index contributed by atoms with van der Waals surface area (Å²) in [6, 6.07) is 9.83. The van der Waals surface area contributed by atoms with Gasteiger partial charge in [0.05, 0.1) is 5.69 Å². The van der Waals surface area contributed by atoms with E-state index in [1.807, 2.05) is 42.2 Å². The maximum atomic E-state index is 12.8. The van der Waals surface area contributed by atoms with E-state index in [4.69, 9.17) is 0 Å². The predicted molar refractivity (Wildman–Crippen MR) is 103 cm³/mol. The Morgan fingerprint density at radius 3 is 2.33 bits per heavy atom. The van der Waals surface area contributed by atoms with Gasteiger partial charge in [0.15, 0.2) is 5.82 Å². The third kappa shape index (κ3) is 3.46. The number of carbonyl (C=O) groups excluding carboxylic acids is 1. The number of aromatic nitrogens is 4. The summed E-state index contributed by atoms with van der Waals surface area (Å²) >= 11 is 0. The van der Waals surface area contributed by atoms with Crippen LogP contribution in [-0.4, -0.2) is 69.1 Å². The van der Waals surface area contributed by atoms with Crippen LogP contribution in [0.3, 0.4) is 0 Å². The first-order valence-electron chi connectivity index (χ1n) is 9.04. The molecule has 0 bridgehead atoms. The van der Waals surface area contributed by atoms with Crippen molar-refractivity contribution in [1.82, 2.24) is 30.0 Å². The third-order valence-corrected chi connectivity index (χ3v) is 4.97. The Hall–Kier alpha value is -3.06. The molecule has 27 heavy (non-hydrogen) atoms. The van der Waals surface area contributed by atoms with Gasteiger partial charge in [-0.1, -0.05) is 30.3 Å². The quantitative estimate of drug-likeness (QED) is 0.773. The normalized spacial score (nSPS) is 15.1. The van der Waals surface area contributed by atoms with Crippen molar-refractivity contribution in [3.05, 3.63) is 54.0 Å². The molecule has 7 heteroatoms. The fourth-order valence-electron chi connectivity index (χ4n) is 3.24. The molecule has 1 fully saturated rings. The second kappa shape index (κ2) is 7.28. The van der Waals surface area contributed by atoms with E-state index >= 15 is 0 Å². The van der Waals surface area contributed by atoms with Crippen molar-refractivity contribution >= 4 is 5.91 Å². The molecule has 2 aromatic heterocycles. The molecule has 0 radical (unpaired) electrons. The van der Waals surface area contributed by atoms with Gasteiger partial charge in [0.1, 0.15) is 5.69 Å². The highest BCUT2D eigenvalue weighted by molar-refractivity contribution is 5.95. The van der Waals surface area contributed by atoms with Crippen molar-refractivity contribution < 1.29 is 4.79 Å². The summed E-state index contributed by atoms with van der Waals surface area (Å²) in [6.45, 7) is 5.16. The fourth-order valence-corrected chi connectivity index (χ4v) is 3.24. The van der Waals surface area contributed by atoms with Gasteiger partial charge in [0.25, 0.3) is 5.91 Å². The molecular weight excluding hydrogens is 340 g/mol.